The first kappa shape index (κ1) is 15.4. The highest BCUT2D eigenvalue weighted by molar-refractivity contribution is 5.31. The van der Waals surface area contributed by atoms with Crippen molar-refractivity contribution >= 4 is 0 Å². The average Bonchev–Trinajstić information content (AvgIpc) is 2.54. The minimum atomic E-state index is 0.520. The molecule has 1 heterocycles. The van der Waals surface area contributed by atoms with E-state index in [0.29, 0.717) is 11.8 Å². The lowest BCUT2D eigenvalue weighted by Gasteiger charge is -2.10. The molecule has 0 saturated carbocycles. The van der Waals surface area contributed by atoms with Crippen LogP contribution in [0.1, 0.15) is 44.4 Å². The molecule has 0 aliphatic carbocycles. The predicted molar refractivity (Wildman–Crippen MR) is 84.6 cm³/mol. The van der Waals surface area contributed by atoms with Crippen LogP contribution in [0.3, 0.4) is 0 Å². The van der Waals surface area contributed by atoms with Crippen LogP contribution >= 0.6 is 0 Å². The first-order valence-corrected chi connectivity index (χ1v) is 7.52. The second kappa shape index (κ2) is 7.74. The van der Waals surface area contributed by atoms with Crippen LogP contribution < -0.4 is 10.1 Å². The highest BCUT2D eigenvalue weighted by Gasteiger charge is 2.04. The molecular weight excluding hydrogens is 262 g/mol. The third-order valence-corrected chi connectivity index (χ3v) is 3.52. The van der Waals surface area contributed by atoms with Crippen LogP contribution in [0.25, 0.3) is 0 Å². The first-order chi connectivity index (χ1) is 10.2. The summed E-state index contributed by atoms with van der Waals surface area (Å²) in [6.45, 7) is 8.13. The van der Waals surface area contributed by atoms with Crippen LogP contribution in [0.15, 0.2) is 36.7 Å². The Labute approximate surface area is 126 Å². The van der Waals surface area contributed by atoms with Crippen LogP contribution in [0.4, 0.5) is 0 Å². The van der Waals surface area contributed by atoms with Crippen LogP contribution in [0.2, 0.25) is 0 Å². The number of nitrogens with zero attached hydrogens (tertiary/aromatic N) is 2. The summed E-state index contributed by atoms with van der Waals surface area (Å²) in [6, 6.07) is 8.18. The van der Waals surface area contributed by atoms with Gasteiger partial charge in [-0.05, 0) is 36.6 Å². The Hall–Kier alpha value is -1.94. The van der Waals surface area contributed by atoms with Crippen LogP contribution in [-0.4, -0.2) is 16.5 Å². The summed E-state index contributed by atoms with van der Waals surface area (Å²) in [7, 11) is 0. The summed E-state index contributed by atoms with van der Waals surface area (Å²) >= 11 is 0. The maximum Gasteiger partial charge on any atom is 0.237 e. The molecule has 4 heteroatoms. The monoisotopic (exact) mass is 285 g/mol. The summed E-state index contributed by atoms with van der Waals surface area (Å²) in [5, 5.41) is 3.21. The van der Waals surface area contributed by atoms with Crippen molar-refractivity contribution in [3.05, 3.63) is 47.9 Å². The Morgan fingerprint density at radius 3 is 2.43 bits per heavy atom. The summed E-state index contributed by atoms with van der Waals surface area (Å²) in [5.41, 5.74) is 2.24. The molecule has 0 aliphatic rings. The lowest BCUT2D eigenvalue weighted by Crippen LogP contribution is -2.13. The Kier molecular flexibility index (Phi) is 5.69. The van der Waals surface area contributed by atoms with Crippen LogP contribution in [-0.2, 0) is 6.54 Å². The second-order valence-electron chi connectivity index (χ2n) is 5.11. The number of benzene rings is 1. The molecule has 1 aromatic heterocycles. The third-order valence-electron chi connectivity index (χ3n) is 3.52. The third kappa shape index (κ3) is 4.53. The molecule has 1 atom stereocenters. The molecular formula is C17H23N3O. The normalized spacial score (nSPS) is 12.1. The van der Waals surface area contributed by atoms with E-state index in [2.05, 4.69) is 48.2 Å². The lowest BCUT2D eigenvalue weighted by molar-refractivity contribution is 0.458. The lowest BCUT2D eigenvalue weighted by atomic mass is 9.99. The van der Waals surface area contributed by atoms with Gasteiger partial charge in [-0.1, -0.05) is 32.9 Å². The van der Waals surface area contributed by atoms with Crippen molar-refractivity contribution < 1.29 is 4.74 Å². The molecule has 2 aromatic rings. The first-order valence-electron chi connectivity index (χ1n) is 7.52. The molecule has 0 aliphatic heterocycles. The van der Waals surface area contributed by atoms with Gasteiger partial charge >= 0.3 is 0 Å². The smallest absolute Gasteiger partial charge is 0.237 e. The number of ether oxygens (including phenoxy) is 1. The van der Waals surface area contributed by atoms with Gasteiger partial charge in [0.2, 0.25) is 5.88 Å². The van der Waals surface area contributed by atoms with Crippen molar-refractivity contribution in [2.75, 3.05) is 6.54 Å². The van der Waals surface area contributed by atoms with Gasteiger partial charge in [-0.15, -0.1) is 0 Å². The van der Waals surface area contributed by atoms with Gasteiger partial charge in [0.05, 0.1) is 18.1 Å². The fourth-order valence-corrected chi connectivity index (χ4v) is 1.96. The van der Waals surface area contributed by atoms with E-state index in [1.54, 1.807) is 12.4 Å². The van der Waals surface area contributed by atoms with Crippen molar-refractivity contribution in [1.82, 2.24) is 15.3 Å². The molecule has 21 heavy (non-hydrogen) atoms. The van der Waals surface area contributed by atoms with Gasteiger partial charge in [0, 0.05) is 6.54 Å². The molecule has 1 N–H and O–H groups in total. The number of nitrogens with one attached hydrogen (secondary N) is 1. The standard InChI is InChI=1S/C17H23N3O/c1-4-13(3)14-6-8-16(9-7-14)21-17-12-19-15(11-20-17)10-18-5-2/h6-9,11-13,18H,4-5,10H2,1-3H3. The van der Waals surface area contributed by atoms with E-state index in [1.807, 2.05) is 12.1 Å². The van der Waals surface area contributed by atoms with Gasteiger partial charge < -0.3 is 10.1 Å². The average molecular weight is 285 g/mol. The minimum absolute atomic E-state index is 0.520. The molecule has 1 aromatic carbocycles. The van der Waals surface area contributed by atoms with Crippen molar-refractivity contribution in [2.24, 2.45) is 0 Å². The Morgan fingerprint density at radius 1 is 1.10 bits per heavy atom. The number of rotatable bonds is 7. The van der Waals surface area contributed by atoms with Crippen LogP contribution in [0, 0.1) is 0 Å². The van der Waals surface area contributed by atoms with Crippen molar-refractivity contribution in [2.45, 2.75) is 39.7 Å². The number of hydrogen-bond donors (Lipinski definition) is 1. The zero-order valence-corrected chi connectivity index (χ0v) is 13.0. The van der Waals surface area contributed by atoms with E-state index < -0.39 is 0 Å². The summed E-state index contributed by atoms with van der Waals surface area (Å²) in [4.78, 5) is 8.60. The van der Waals surface area contributed by atoms with Gasteiger partial charge in [0.25, 0.3) is 0 Å². The molecule has 0 radical (unpaired) electrons. The molecule has 2 rings (SSSR count). The van der Waals surface area contributed by atoms with E-state index >= 15 is 0 Å². The molecule has 1 unspecified atom stereocenters. The molecule has 0 saturated heterocycles. The van der Waals surface area contributed by atoms with Gasteiger partial charge in [0.1, 0.15) is 5.75 Å². The minimum Gasteiger partial charge on any atom is -0.438 e. The Bertz CT molecular complexity index is 537. The Balaban J connectivity index is 1.97. The molecule has 4 nitrogen and oxygen atoms in total. The SMILES string of the molecule is CCNCc1cnc(Oc2ccc(C(C)CC)cc2)cn1. The number of hydrogen-bond acceptors (Lipinski definition) is 4. The van der Waals surface area contributed by atoms with Gasteiger partial charge in [-0.2, -0.15) is 0 Å². The maximum absolute atomic E-state index is 5.71. The molecule has 0 fully saturated rings. The zero-order valence-electron chi connectivity index (χ0n) is 13.0. The van der Waals surface area contributed by atoms with Gasteiger partial charge in [-0.3, -0.25) is 4.98 Å². The largest absolute Gasteiger partial charge is 0.438 e. The second-order valence-corrected chi connectivity index (χ2v) is 5.11. The quantitative estimate of drug-likeness (QED) is 0.838. The van der Waals surface area contributed by atoms with E-state index in [-0.39, 0.29) is 0 Å². The maximum atomic E-state index is 5.71. The molecule has 0 bridgehead atoms. The van der Waals surface area contributed by atoms with E-state index in [9.17, 15) is 0 Å². The van der Waals surface area contributed by atoms with E-state index in [4.69, 9.17) is 4.74 Å². The highest BCUT2D eigenvalue weighted by Crippen LogP contribution is 2.23. The van der Waals surface area contributed by atoms with E-state index in [0.717, 1.165) is 31.0 Å². The fraction of sp³-hybridized carbons (Fsp3) is 0.412. The molecule has 0 spiro atoms. The summed E-state index contributed by atoms with van der Waals surface area (Å²) < 4.78 is 5.71. The van der Waals surface area contributed by atoms with Gasteiger partial charge in [-0.25, -0.2) is 4.98 Å². The fourth-order valence-electron chi connectivity index (χ4n) is 1.96. The van der Waals surface area contributed by atoms with Crippen LogP contribution in [0.5, 0.6) is 11.6 Å². The van der Waals surface area contributed by atoms with Crippen molar-refractivity contribution in [3.63, 3.8) is 0 Å². The van der Waals surface area contributed by atoms with Crippen molar-refractivity contribution in [3.8, 4) is 11.6 Å². The summed E-state index contributed by atoms with van der Waals surface area (Å²) in [6.07, 6.45) is 4.54. The van der Waals surface area contributed by atoms with Crippen molar-refractivity contribution in [1.29, 1.82) is 0 Å². The Morgan fingerprint density at radius 2 is 1.86 bits per heavy atom. The highest BCUT2D eigenvalue weighted by atomic mass is 16.5. The topological polar surface area (TPSA) is 47.0 Å². The molecule has 112 valence electrons. The zero-order chi connectivity index (χ0) is 15.1. The summed E-state index contributed by atoms with van der Waals surface area (Å²) in [5.74, 6) is 1.88. The molecule has 0 amide bonds. The van der Waals surface area contributed by atoms with Gasteiger partial charge in [0.15, 0.2) is 0 Å². The predicted octanol–water partition coefficient (Wildman–Crippen LogP) is 3.89. The van der Waals surface area contributed by atoms with E-state index in [1.165, 1.54) is 5.56 Å². The number of aromatic nitrogens is 2.